The quantitative estimate of drug-likeness (QED) is 0.763. The molecule has 0 aliphatic carbocycles. The largest absolute Gasteiger partial charge is 0.394 e. The highest BCUT2D eigenvalue weighted by molar-refractivity contribution is 14.1. The van der Waals surface area contributed by atoms with Crippen LogP contribution in [0.5, 0.6) is 0 Å². The van der Waals surface area contributed by atoms with Crippen molar-refractivity contribution < 1.29 is 5.11 Å². The zero-order chi connectivity index (χ0) is 8.55. The predicted molar refractivity (Wildman–Crippen MR) is 57.4 cm³/mol. The first-order valence-corrected chi connectivity index (χ1v) is 5.04. The van der Waals surface area contributed by atoms with E-state index < -0.39 is 0 Å². The maximum atomic E-state index is 8.96. The first-order valence-electron chi connectivity index (χ1n) is 3.96. The average molecular weight is 275 g/mol. The molecule has 1 atom stereocenters. The molecule has 0 unspecified atom stereocenters. The highest BCUT2D eigenvalue weighted by Gasteiger charge is 2.20. The molecule has 0 bridgehead atoms. The van der Waals surface area contributed by atoms with Crippen LogP contribution in [0.3, 0.4) is 0 Å². The fraction of sp³-hybridized carbons (Fsp3) is 0.333. The number of halogens is 1. The van der Waals surface area contributed by atoms with Gasteiger partial charge in [0.2, 0.25) is 0 Å². The van der Waals surface area contributed by atoms with Crippen molar-refractivity contribution in [3.63, 3.8) is 0 Å². The van der Waals surface area contributed by atoms with Crippen molar-refractivity contribution in [2.75, 3.05) is 11.9 Å². The van der Waals surface area contributed by atoms with E-state index in [4.69, 9.17) is 5.11 Å². The van der Waals surface area contributed by atoms with Crippen molar-refractivity contribution >= 4 is 28.3 Å². The number of nitrogens with one attached hydrogen (secondary N) is 1. The molecule has 1 aromatic carbocycles. The number of rotatable bonds is 1. The van der Waals surface area contributed by atoms with Crippen molar-refractivity contribution in [1.29, 1.82) is 0 Å². The van der Waals surface area contributed by atoms with Crippen molar-refractivity contribution in [1.82, 2.24) is 0 Å². The summed E-state index contributed by atoms with van der Waals surface area (Å²) < 4.78 is 1.29. The van der Waals surface area contributed by atoms with Crippen LogP contribution in [-0.2, 0) is 6.42 Å². The number of hydrogen-bond acceptors (Lipinski definition) is 2. The van der Waals surface area contributed by atoms with Crippen LogP contribution in [0.15, 0.2) is 18.2 Å². The highest BCUT2D eigenvalue weighted by atomic mass is 127. The van der Waals surface area contributed by atoms with Gasteiger partial charge in [0.25, 0.3) is 0 Å². The van der Waals surface area contributed by atoms with E-state index in [0.717, 1.165) is 6.42 Å². The van der Waals surface area contributed by atoms with E-state index in [0.29, 0.717) is 0 Å². The van der Waals surface area contributed by atoms with Crippen LogP contribution in [-0.4, -0.2) is 17.8 Å². The van der Waals surface area contributed by atoms with E-state index in [9.17, 15) is 0 Å². The zero-order valence-corrected chi connectivity index (χ0v) is 8.71. The van der Waals surface area contributed by atoms with Crippen LogP contribution < -0.4 is 5.32 Å². The fourth-order valence-corrected chi connectivity index (χ4v) is 2.25. The minimum atomic E-state index is 0.213. The molecule has 1 aliphatic rings. The highest BCUT2D eigenvalue weighted by Crippen LogP contribution is 2.29. The van der Waals surface area contributed by atoms with Gasteiger partial charge in [0.05, 0.1) is 12.6 Å². The summed E-state index contributed by atoms with van der Waals surface area (Å²) >= 11 is 2.33. The van der Waals surface area contributed by atoms with Crippen LogP contribution >= 0.6 is 22.6 Å². The van der Waals surface area contributed by atoms with E-state index in [1.807, 2.05) is 6.07 Å². The lowest BCUT2D eigenvalue weighted by Gasteiger charge is -2.04. The first kappa shape index (κ1) is 8.31. The first-order chi connectivity index (χ1) is 5.81. The zero-order valence-electron chi connectivity index (χ0n) is 6.55. The molecule has 0 saturated carbocycles. The summed E-state index contributed by atoms with van der Waals surface area (Å²) in [6, 6.07) is 6.41. The van der Waals surface area contributed by atoms with Gasteiger partial charge < -0.3 is 10.4 Å². The molecule has 0 saturated heterocycles. The van der Waals surface area contributed by atoms with Gasteiger partial charge in [-0.25, -0.2) is 0 Å². The molecule has 64 valence electrons. The molecule has 0 radical (unpaired) electrons. The van der Waals surface area contributed by atoms with Gasteiger partial charge in [0.15, 0.2) is 0 Å². The summed E-state index contributed by atoms with van der Waals surface area (Å²) in [6.07, 6.45) is 0.949. The number of hydrogen-bond donors (Lipinski definition) is 2. The summed E-state index contributed by atoms with van der Waals surface area (Å²) in [5, 5.41) is 12.2. The lowest BCUT2D eigenvalue weighted by molar-refractivity contribution is 0.277. The Hall–Kier alpha value is -0.290. The van der Waals surface area contributed by atoms with E-state index in [1.165, 1.54) is 14.8 Å². The third-order valence-corrected chi connectivity index (χ3v) is 3.16. The van der Waals surface area contributed by atoms with Gasteiger partial charge in [-0.15, -0.1) is 0 Å². The van der Waals surface area contributed by atoms with Crippen LogP contribution in [0.2, 0.25) is 0 Å². The number of aliphatic hydroxyl groups excluding tert-OH is 1. The molecule has 2 nitrogen and oxygen atoms in total. The summed E-state index contributed by atoms with van der Waals surface area (Å²) in [6.45, 7) is 0.213. The lowest BCUT2D eigenvalue weighted by Crippen LogP contribution is -2.19. The van der Waals surface area contributed by atoms with E-state index >= 15 is 0 Å². The van der Waals surface area contributed by atoms with Crippen LogP contribution in [0.1, 0.15) is 5.56 Å². The number of aliphatic hydroxyl groups is 1. The van der Waals surface area contributed by atoms with Crippen LogP contribution in [0, 0.1) is 3.57 Å². The van der Waals surface area contributed by atoms with E-state index in [-0.39, 0.29) is 12.6 Å². The van der Waals surface area contributed by atoms with Gasteiger partial charge in [0.1, 0.15) is 0 Å². The van der Waals surface area contributed by atoms with Gasteiger partial charge in [-0.1, -0.05) is 6.07 Å². The molecule has 0 fully saturated rings. The minimum Gasteiger partial charge on any atom is -0.394 e. The monoisotopic (exact) mass is 275 g/mol. The SMILES string of the molecule is OC[C@H]1Cc2c(I)cccc2N1. The third-order valence-electron chi connectivity index (χ3n) is 2.15. The molecule has 2 N–H and O–H groups in total. The third kappa shape index (κ3) is 1.31. The summed E-state index contributed by atoms with van der Waals surface area (Å²) in [5.41, 5.74) is 2.53. The molecular weight excluding hydrogens is 265 g/mol. The van der Waals surface area contributed by atoms with Gasteiger partial charge in [-0.05, 0) is 46.7 Å². The molecule has 1 heterocycles. The minimum absolute atomic E-state index is 0.213. The Morgan fingerprint density at radius 3 is 3.08 bits per heavy atom. The summed E-state index contributed by atoms with van der Waals surface area (Å²) in [4.78, 5) is 0. The van der Waals surface area contributed by atoms with Crippen LogP contribution in [0.4, 0.5) is 5.69 Å². The van der Waals surface area contributed by atoms with Gasteiger partial charge in [-0.2, -0.15) is 0 Å². The Morgan fingerprint density at radius 2 is 2.42 bits per heavy atom. The number of benzene rings is 1. The maximum Gasteiger partial charge on any atom is 0.0636 e. The molecule has 1 aromatic rings. The topological polar surface area (TPSA) is 32.3 Å². The second-order valence-electron chi connectivity index (χ2n) is 2.99. The Bertz CT molecular complexity index is 301. The molecule has 0 amide bonds. The standard InChI is InChI=1S/C9H10INO/c10-8-2-1-3-9-7(8)4-6(5-12)11-9/h1-3,6,11-12H,4-5H2/t6-/m1/s1. The predicted octanol–water partition coefficient (Wildman–Crippen LogP) is 1.62. The average Bonchev–Trinajstić information content (AvgIpc) is 2.49. The molecule has 3 heteroatoms. The van der Waals surface area contributed by atoms with Crippen molar-refractivity contribution in [2.45, 2.75) is 12.5 Å². The summed E-state index contributed by atoms with van der Waals surface area (Å²) in [5.74, 6) is 0. The normalized spacial score (nSPS) is 20.3. The Morgan fingerprint density at radius 1 is 1.58 bits per heavy atom. The molecule has 2 rings (SSSR count). The smallest absolute Gasteiger partial charge is 0.0636 e. The molecule has 12 heavy (non-hydrogen) atoms. The maximum absolute atomic E-state index is 8.96. The number of anilines is 1. The van der Waals surface area contributed by atoms with Gasteiger partial charge in [-0.3, -0.25) is 0 Å². The van der Waals surface area contributed by atoms with Gasteiger partial charge >= 0.3 is 0 Å². The van der Waals surface area contributed by atoms with E-state index in [2.05, 4.69) is 40.0 Å². The Balaban J connectivity index is 2.35. The summed E-state index contributed by atoms with van der Waals surface area (Å²) in [7, 11) is 0. The second kappa shape index (κ2) is 3.22. The van der Waals surface area contributed by atoms with Crippen molar-refractivity contribution in [2.24, 2.45) is 0 Å². The second-order valence-corrected chi connectivity index (χ2v) is 4.16. The van der Waals surface area contributed by atoms with E-state index in [1.54, 1.807) is 0 Å². The molecular formula is C9H10INO. The lowest BCUT2D eigenvalue weighted by atomic mass is 10.1. The van der Waals surface area contributed by atoms with Gasteiger partial charge in [0, 0.05) is 9.26 Å². The van der Waals surface area contributed by atoms with Crippen molar-refractivity contribution in [3.05, 3.63) is 27.3 Å². The van der Waals surface area contributed by atoms with Crippen molar-refractivity contribution in [3.8, 4) is 0 Å². The molecule has 0 spiro atoms. The molecule has 0 aromatic heterocycles. The Labute approximate surface area is 85.1 Å². The number of fused-ring (bicyclic) bond motifs is 1. The molecule has 1 aliphatic heterocycles. The Kier molecular flexibility index (Phi) is 2.23. The fourth-order valence-electron chi connectivity index (χ4n) is 1.53. The van der Waals surface area contributed by atoms with Crippen LogP contribution in [0.25, 0.3) is 0 Å².